The number of aryl methyl sites for hydroxylation is 1. The van der Waals surface area contributed by atoms with E-state index in [9.17, 15) is 0 Å². The van der Waals surface area contributed by atoms with Crippen LogP contribution >= 0.6 is 11.3 Å². The average molecular weight is 303 g/mol. The molecule has 0 unspecified atom stereocenters. The highest BCUT2D eigenvalue weighted by molar-refractivity contribution is 7.15. The molecular formula is C17H25N3S. The van der Waals surface area contributed by atoms with Crippen molar-refractivity contribution in [3.63, 3.8) is 0 Å². The molecule has 0 aliphatic heterocycles. The van der Waals surface area contributed by atoms with E-state index in [-0.39, 0.29) is 5.41 Å². The summed E-state index contributed by atoms with van der Waals surface area (Å²) in [6, 6.07) is 8.58. The van der Waals surface area contributed by atoms with E-state index < -0.39 is 0 Å². The predicted molar refractivity (Wildman–Crippen MR) is 92.6 cm³/mol. The van der Waals surface area contributed by atoms with Crippen LogP contribution in [0.15, 0.2) is 24.3 Å². The van der Waals surface area contributed by atoms with E-state index in [4.69, 9.17) is 10.7 Å². The highest BCUT2D eigenvalue weighted by Gasteiger charge is 2.24. The highest BCUT2D eigenvalue weighted by atomic mass is 32.1. The molecule has 0 fully saturated rings. The van der Waals surface area contributed by atoms with Crippen molar-refractivity contribution < 1.29 is 0 Å². The van der Waals surface area contributed by atoms with Crippen LogP contribution in [0, 0.1) is 6.92 Å². The second kappa shape index (κ2) is 6.16. The van der Waals surface area contributed by atoms with Gasteiger partial charge in [-0.2, -0.15) is 0 Å². The van der Waals surface area contributed by atoms with Gasteiger partial charge in [0, 0.05) is 29.1 Å². The summed E-state index contributed by atoms with van der Waals surface area (Å²) >= 11 is 1.71. The average Bonchev–Trinajstić information content (AvgIpc) is 2.86. The maximum absolute atomic E-state index is 5.91. The van der Waals surface area contributed by atoms with Gasteiger partial charge in [-0.3, -0.25) is 0 Å². The van der Waals surface area contributed by atoms with E-state index in [2.05, 4.69) is 63.8 Å². The first kappa shape index (κ1) is 16.0. The fraction of sp³-hybridized carbons (Fsp3) is 0.471. The van der Waals surface area contributed by atoms with Gasteiger partial charge in [0.2, 0.25) is 0 Å². The summed E-state index contributed by atoms with van der Waals surface area (Å²) in [4.78, 5) is 8.32. The molecule has 114 valence electrons. The molecule has 0 amide bonds. The van der Waals surface area contributed by atoms with Crippen LogP contribution in [0.25, 0.3) is 0 Å². The summed E-state index contributed by atoms with van der Waals surface area (Å²) in [5.74, 6) is 0. The Kier molecular flexibility index (Phi) is 4.69. The summed E-state index contributed by atoms with van der Waals surface area (Å²) < 4.78 is 0. The third-order valence-corrected chi connectivity index (χ3v) is 4.58. The van der Waals surface area contributed by atoms with Gasteiger partial charge in [-0.25, -0.2) is 4.98 Å². The summed E-state index contributed by atoms with van der Waals surface area (Å²) in [5.41, 5.74) is 9.51. The fourth-order valence-corrected chi connectivity index (χ4v) is 3.57. The standard InChI is InChI=1S/C17H25N3S/c1-6-20(13-9-7-12(2)8-10-13)16-19-15(17(3,4)5)14(11-18)21-16/h7-10H,6,11,18H2,1-5H3. The molecule has 4 heteroatoms. The summed E-state index contributed by atoms with van der Waals surface area (Å²) in [7, 11) is 0. The molecule has 2 aromatic rings. The number of anilines is 2. The Morgan fingerprint density at radius 3 is 2.24 bits per heavy atom. The lowest BCUT2D eigenvalue weighted by molar-refractivity contribution is 0.566. The van der Waals surface area contributed by atoms with Gasteiger partial charge in [-0.1, -0.05) is 49.8 Å². The monoisotopic (exact) mass is 303 g/mol. The molecule has 1 aromatic heterocycles. The molecule has 0 aliphatic rings. The number of rotatable bonds is 4. The molecule has 0 bridgehead atoms. The Bertz CT molecular complexity index is 593. The largest absolute Gasteiger partial charge is 0.326 e. The zero-order valence-electron chi connectivity index (χ0n) is 13.6. The van der Waals surface area contributed by atoms with Crippen LogP contribution < -0.4 is 10.6 Å². The van der Waals surface area contributed by atoms with Crippen LogP contribution in [-0.4, -0.2) is 11.5 Å². The highest BCUT2D eigenvalue weighted by Crippen LogP contribution is 2.36. The summed E-state index contributed by atoms with van der Waals surface area (Å²) in [6.07, 6.45) is 0. The van der Waals surface area contributed by atoms with Gasteiger partial charge in [-0.05, 0) is 26.0 Å². The van der Waals surface area contributed by atoms with E-state index in [1.54, 1.807) is 11.3 Å². The molecule has 0 saturated carbocycles. The smallest absolute Gasteiger partial charge is 0.190 e. The van der Waals surface area contributed by atoms with Crippen molar-refractivity contribution in [3.8, 4) is 0 Å². The lowest BCUT2D eigenvalue weighted by Gasteiger charge is -2.21. The number of nitrogens with two attached hydrogens (primary N) is 1. The van der Waals surface area contributed by atoms with Gasteiger partial charge in [0.15, 0.2) is 5.13 Å². The molecule has 0 atom stereocenters. The Morgan fingerprint density at radius 2 is 1.81 bits per heavy atom. The number of nitrogens with zero attached hydrogens (tertiary/aromatic N) is 2. The minimum absolute atomic E-state index is 0.0239. The zero-order valence-corrected chi connectivity index (χ0v) is 14.4. The molecular weight excluding hydrogens is 278 g/mol. The number of thiazole rings is 1. The first-order valence-corrected chi connectivity index (χ1v) is 8.23. The SMILES string of the molecule is CCN(c1ccc(C)cc1)c1nc(C(C)(C)C)c(CN)s1. The van der Waals surface area contributed by atoms with Crippen molar-refractivity contribution in [1.29, 1.82) is 0 Å². The lowest BCUT2D eigenvalue weighted by atomic mass is 9.91. The van der Waals surface area contributed by atoms with E-state index in [0.717, 1.165) is 17.4 Å². The summed E-state index contributed by atoms with van der Waals surface area (Å²) in [6.45, 7) is 12.3. The Labute approximate surface area is 131 Å². The van der Waals surface area contributed by atoms with Gasteiger partial charge in [-0.15, -0.1) is 0 Å². The number of aromatic nitrogens is 1. The van der Waals surface area contributed by atoms with Crippen molar-refractivity contribution in [1.82, 2.24) is 4.98 Å². The quantitative estimate of drug-likeness (QED) is 0.912. The predicted octanol–water partition coefficient (Wildman–Crippen LogP) is 4.37. The Hall–Kier alpha value is -1.39. The van der Waals surface area contributed by atoms with Crippen molar-refractivity contribution in [3.05, 3.63) is 40.4 Å². The first-order chi connectivity index (χ1) is 9.86. The lowest BCUT2D eigenvalue weighted by Crippen LogP contribution is -2.18. The third kappa shape index (κ3) is 3.44. The Morgan fingerprint density at radius 1 is 1.19 bits per heavy atom. The van der Waals surface area contributed by atoms with Crippen LogP contribution in [0.5, 0.6) is 0 Å². The molecule has 2 N–H and O–H groups in total. The maximum Gasteiger partial charge on any atom is 0.190 e. The molecule has 21 heavy (non-hydrogen) atoms. The van der Waals surface area contributed by atoms with Gasteiger partial charge >= 0.3 is 0 Å². The number of hydrogen-bond donors (Lipinski definition) is 1. The van der Waals surface area contributed by atoms with Crippen LogP contribution in [0.4, 0.5) is 10.8 Å². The molecule has 2 rings (SSSR count). The topological polar surface area (TPSA) is 42.2 Å². The fourth-order valence-electron chi connectivity index (χ4n) is 2.33. The van der Waals surface area contributed by atoms with Gasteiger partial charge in [0.05, 0.1) is 5.69 Å². The molecule has 1 aromatic carbocycles. The number of benzene rings is 1. The second-order valence-electron chi connectivity index (χ2n) is 6.30. The number of hydrogen-bond acceptors (Lipinski definition) is 4. The summed E-state index contributed by atoms with van der Waals surface area (Å²) in [5, 5.41) is 1.03. The van der Waals surface area contributed by atoms with Crippen molar-refractivity contribution in [2.24, 2.45) is 5.73 Å². The van der Waals surface area contributed by atoms with Crippen LogP contribution in [0.3, 0.4) is 0 Å². The van der Waals surface area contributed by atoms with E-state index >= 15 is 0 Å². The normalized spacial score (nSPS) is 11.7. The van der Waals surface area contributed by atoms with Crippen LogP contribution in [-0.2, 0) is 12.0 Å². The molecule has 0 radical (unpaired) electrons. The van der Waals surface area contributed by atoms with E-state index in [0.29, 0.717) is 6.54 Å². The zero-order chi connectivity index (χ0) is 15.6. The van der Waals surface area contributed by atoms with Crippen molar-refractivity contribution in [2.45, 2.75) is 46.6 Å². The Balaban J connectivity index is 2.43. The van der Waals surface area contributed by atoms with Crippen molar-refractivity contribution in [2.75, 3.05) is 11.4 Å². The minimum atomic E-state index is 0.0239. The molecule has 3 nitrogen and oxygen atoms in total. The van der Waals surface area contributed by atoms with Crippen LogP contribution in [0.2, 0.25) is 0 Å². The minimum Gasteiger partial charge on any atom is -0.326 e. The van der Waals surface area contributed by atoms with Gasteiger partial charge in [0.1, 0.15) is 0 Å². The maximum atomic E-state index is 5.91. The molecule has 0 spiro atoms. The third-order valence-electron chi connectivity index (χ3n) is 3.47. The van der Waals surface area contributed by atoms with E-state index in [1.165, 1.54) is 16.1 Å². The van der Waals surface area contributed by atoms with Gasteiger partial charge in [0.25, 0.3) is 0 Å². The molecule has 0 saturated heterocycles. The first-order valence-electron chi connectivity index (χ1n) is 7.41. The second-order valence-corrected chi connectivity index (χ2v) is 7.36. The van der Waals surface area contributed by atoms with Gasteiger partial charge < -0.3 is 10.6 Å². The molecule has 0 aliphatic carbocycles. The van der Waals surface area contributed by atoms with Crippen molar-refractivity contribution >= 4 is 22.2 Å². The van der Waals surface area contributed by atoms with Crippen LogP contribution in [0.1, 0.15) is 43.8 Å². The molecule has 1 heterocycles. The van der Waals surface area contributed by atoms with E-state index in [1.807, 2.05) is 0 Å².